The van der Waals surface area contributed by atoms with Gasteiger partial charge in [-0.15, -0.1) is 0 Å². The summed E-state index contributed by atoms with van der Waals surface area (Å²) in [6.45, 7) is 3.53. The van der Waals surface area contributed by atoms with E-state index < -0.39 is 0 Å². The van der Waals surface area contributed by atoms with E-state index in [4.69, 9.17) is 0 Å². The zero-order valence-electron chi connectivity index (χ0n) is 12.2. The van der Waals surface area contributed by atoms with Gasteiger partial charge in [-0.2, -0.15) is 0 Å². The molecule has 0 bridgehead atoms. The molecule has 1 saturated carbocycles. The Morgan fingerprint density at radius 3 is 2.50 bits per heavy atom. The van der Waals surface area contributed by atoms with Crippen molar-refractivity contribution in [2.24, 2.45) is 5.92 Å². The monoisotopic (exact) mass is 274 g/mol. The fourth-order valence-electron chi connectivity index (χ4n) is 2.70. The van der Waals surface area contributed by atoms with E-state index in [2.05, 4.69) is 17.6 Å². The van der Waals surface area contributed by atoms with Gasteiger partial charge in [-0.1, -0.05) is 25.8 Å². The lowest BCUT2D eigenvalue weighted by Gasteiger charge is -2.15. The Balaban J connectivity index is 2.14. The molecule has 108 valence electrons. The van der Waals surface area contributed by atoms with Gasteiger partial charge in [0.25, 0.3) is 0 Å². The number of rotatable bonds is 4. The maximum atomic E-state index is 12.2. The second kappa shape index (κ2) is 6.55. The van der Waals surface area contributed by atoms with Crippen LogP contribution < -0.4 is 10.6 Å². The second-order valence-electron chi connectivity index (χ2n) is 5.38. The molecule has 1 fully saturated rings. The number of carbonyl (C=O) groups excluding carboxylic acids is 2. The smallest absolute Gasteiger partial charge is 0.227 e. The van der Waals surface area contributed by atoms with Crippen molar-refractivity contribution in [1.29, 1.82) is 0 Å². The molecule has 2 N–H and O–H groups in total. The van der Waals surface area contributed by atoms with Crippen molar-refractivity contribution >= 4 is 23.2 Å². The Kier molecular flexibility index (Phi) is 4.77. The lowest BCUT2D eigenvalue weighted by molar-refractivity contribution is -0.119. The third-order valence-electron chi connectivity index (χ3n) is 3.79. The van der Waals surface area contributed by atoms with Gasteiger partial charge < -0.3 is 10.6 Å². The zero-order valence-corrected chi connectivity index (χ0v) is 12.2. The van der Waals surface area contributed by atoms with Crippen LogP contribution in [0.25, 0.3) is 0 Å². The van der Waals surface area contributed by atoms with E-state index in [9.17, 15) is 9.59 Å². The van der Waals surface area contributed by atoms with E-state index in [1.54, 1.807) is 0 Å². The summed E-state index contributed by atoms with van der Waals surface area (Å²) in [6, 6.07) is 5.66. The average Bonchev–Trinajstić information content (AvgIpc) is 2.92. The number of amides is 2. The number of anilines is 2. The van der Waals surface area contributed by atoms with Gasteiger partial charge in [-0.05, 0) is 37.0 Å². The van der Waals surface area contributed by atoms with Crippen molar-refractivity contribution in [3.8, 4) is 0 Å². The molecule has 0 spiro atoms. The van der Waals surface area contributed by atoms with Gasteiger partial charge in [-0.3, -0.25) is 9.59 Å². The minimum Gasteiger partial charge on any atom is -0.326 e. The van der Waals surface area contributed by atoms with Crippen LogP contribution in [0.2, 0.25) is 0 Å². The maximum absolute atomic E-state index is 12.2. The van der Waals surface area contributed by atoms with Gasteiger partial charge in [0, 0.05) is 24.2 Å². The van der Waals surface area contributed by atoms with E-state index in [-0.39, 0.29) is 17.7 Å². The molecule has 0 saturated heterocycles. The number of carbonyl (C=O) groups is 2. The van der Waals surface area contributed by atoms with Crippen molar-refractivity contribution in [3.05, 3.63) is 23.8 Å². The normalized spacial score (nSPS) is 15.1. The first-order chi connectivity index (χ1) is 9.60. The van der Waals surface area contributed by atoms with E-state index in [0.717, 1.165) is 49.0 Å². The largest absolute Gasteiger partial charge is 0.326 e. The fraction of sp³-hybridized carbons (Fsp3) is 0.500. The Bertz CT molecular complexity index is 505. The topological polar surface area (TPSA) is 58.2 Å². The first-order valence-corrected chi connectivity index (χ1v) is 7.31. The van der Waals surface area contributed by atoms with Gasteiger partial charge in [0.05, 0.1) is 0 Å². The molecule has 0 atom stereocenters. The quantitative estimate of drug-likeness (QED) is 0.884. The fourth-order valence-corrected chi connectivity index (χ4v) is 2.70. The van der Waals surface area contributed by atoms with Gasteiger partial charge >= 0.3 is 0 Å². The van der Waals surface area contributed by atoms with Gasteiger partial charge in [0.2, 0.25) is 11.8 Å². The van der Waals surface area contributed by atoms with Crippen LogP contribution in [0.15, 0.2) is 18.2 Å². The summed E-state index contributed by atoms with van der Waals surface area (Å²) in [7, 11) is 0. The molecular weight excluding hydrogens is 252 g/mol. The maximum Gasteiger partial charge on any atom is 0.227 e. The second-order valence-corrected chi connectivity index (χ2v) is 5.38. The van der Waals surface area contributed by atoms with E-state index in [1.807, 2.05) is 18.2 Å². The molecule has 4 nitrogen and oxygen atoms in total. The first-order valence-electron chi connectivity index (χ1n) is 7.31. The highest BCUT2D eigenvalue weighted by Gasteiger charge is 2.23. The minimum absolute atomic E-state index is 0.108. The number of aryl methyl sites for hydroxylation is 1. The highest BCUT2D eigenvalue weighted by atomic mass is 16.2. The summed E-state index contributed by atoms with van der Waals surface area (Å²) in [5, 5.41) is 5.78. The molecule has 1 aromatic rings. The average molecular weight is 274 g/mol. The molecule has 0 aliphatic heterocycles. The Labute approximate surface area is 119 Å². The predicted molar refractivity (Wildman–Crippen MR) is 80.7 cm³/mol. The number of hydrogen-bond acceptors (Lipinski definition) is 2. The van der Waals surface area contributed by atoms with Crippen LogP contribution >= 0.6 is 0 Å². The summed E-state index contributed by atoms with van der Waals surface area (Å²) in [5.41, 5.74) is 2.62. The molecule has 1 aliphatic rings. The van der Waals surface area contributed by atoms with E-state index in [0.29, 0.717) is 0 Å². The van der Waals surface area contributed by atoms with Crippen molar-refractivity contribution in [2.45, 2.75) is 46.0 Å². The molecule has 0 unspecified atom stereocenters. The molecule has 20 heavy (non-hydrogen) atoms. The van der Waals surface area contributed by atoms with Crippen LogP contribution in [0.5, 0.6) is 0 Å². The molecule has 1 aliphatic carbocycles. The van der Waals surface area contributed by atoms with Crippen LogP contribution in [0.1, 0.15) is 45.1 Å². The van der Waals surface area contributed by atoms with Crippen LogP contribution in [0, 0.1) is 5.92 Å². The standard InChI is InChI=1S/C16H22N2O2/c1-3-12-8-9-14(17-11(2)19)10-15(12)18-16(20)13-6-4-5-7-13/h8-10,13H,3-7H2,1-2H3,(H,17,19)(H,18,20). The summed E-state index contributed by atoms with van der Waals surface area (Å²) in [4.78, 5) is 23.3. The van der Waals surface area contributed by atoms with E-state index >= 15 is 0 Å². The predicted octanol–water partition coefficient (Wildman–Crippen LogP) is 3.34. The van der Waals surface area contributed by atoms with Crippen molar-refractivity contribution in [3.63, 3.8) is 0 Å². The van der Waals surface area contributed by atoms with Crippen molar-refractivity contribution in [1.82, 2.24) is 0 Å². The van der Waals surface area contributed by atoms with Gasteiger partial charge in [0.1, 0.15) is 0 Å². The third kappa shape index (κ3) is 3.59. The molecule has 1 aromatic carbocycles. The minimum atomic E-state index is -0.109. The Morgan fingerprint density at radius 2 is 1.90 bits per heavy atom. The lowest BCUT2D eigenvalue weighted by atomic mass is 10.1. The van der Waals surface area contributed by atoms with Crippen LogP contribution in [-0.4, -0.2) is 11.8 Å². The van der Waals surface area contributed by atoms with Crippen LogP contribution in [0.3, 0.4) is 0 Å². The lowest BCUT2D eigenvalue weighted by Crippen LogP contribution is -2.21. The molecule has 0 aromatic heterocycles. The number of hydrogen-bond donors (Lipinski definition) is 2. The summed E-state index contributed by atoms with van der Waals surface area (Å²) in [6.07, 6.45) is 5.10. The van der Waals surface area contributed by atoms with Crippen LogP contribution in [0.4, 0.5) is 11.4 Å². The molecule has 0 heterocycles. The number of benzene rings is 1. The third-order valence-corrected chi connectivity index (χ3v) is 3.79. The van der Waals surface area contributed by atoms with E-state index in [1.165, 1.54) is 6.92 Å². The van der Waals surface area contributed by atoms with Crippen molar-refractivity contribution < 1.29 is 9.59 Å². The first kappa shape index (κ1) is 14.6. The summed E-state index contributed by atoms with van der Waals surface area (Å²) >= 11 is 0. The molecular formula is C16H22N2O2. The summed E-state index contributed by atoms with van der Waals surface area (Å²) < 4.78 is 0. The Hall–Kier alpha value is -1.84. The highest BCUT2D eigenvalue weighted by molar-refractivity contribution is 5.95. The van der Waals surface area contributed by atoms with Gasteiger partial charge in [0.15, 0.2) is 0 Å². The highest BCUT2D eigenvalue weighted by Crippen LogP contribution is 2.28. The Morgan fingerprint density at radius 1 is 1.20 bits per heavy atom. The SMILES string of the molecule is CCc1ccc(NC(C)=O)cc1NC(=O)C1CCCC1. The molecule has 0 radical (unpaired) electrons. The summed E-state index contributed by atoms with van der Waals surface area (Å²) in [5.74, 6) is 0.142. The zero-order chi connectivity index (χ0) is 14.5. The molecule has 2 amide bonds. The van der Waals surface area contributed by atoms with Gasteiger partial charge in [-0.25, -0.2) is 0 Å². The van der Waals surface area contributed by atoms with Crippen molar-refractivity contribution in [2.75, 3.05) is 10.6 Å². The molecule has 2 rings (SSSR count). The van der Waals surface area contributed by atoms with Crippen LogP contribution in [-0.2, 0) is 16.0 Å². The molecule has 4 heteroatoms. The number of nitrogens with one attached hydrogen (secondary N) is 2.